The average Bonchev–Trinajstić information content (AvgIpc) is 2.96. The molecule has 150 valence electrons. The largest absolute Gasteiger partial charge is 0.511 e. The zero-order valence-corrected chi connectivity index (χ0v) is 16.6. The van der Waals surface area contributed by atoms with Crippen molar-refractivity contribution in [3.63, 3.8) is 0 Å². The number of fused-ring (bicyclic) bond motifs is 1. The van der Waals surface area contributed by atoms with Gasteiger partial charge >= 0.3 is 0 Å². The molecule has 7 atom stereocenters. The van der Waals surface area contributed by atoms with Crippen LogP contribution in [0.25, 0.3) is 0 Å². The number of Topliss-reactive ketones (excluding diaryl/α,β-unsaturated/α-hetero) is 1. The molecule has 0 aromatic rings. The maximum atomic E-state index is 12.2. The second kappa shape index (κ2) is 7.76. The third-order valence-electron chi connectivity index (χ3n) is 6.71. The molecule has 27 heavy (non-hydrogen) atoms. The highest BCUT2D eigenvalue weighted by atomic mass is 16.5. The summed E-state index contributed by atoms with van der Waals surface area (Å²) in [5, 5.41) is 24.4. The summed E-state index contributed by atoms with van der Waals surface area (Å²) in [4.78, 5) is 24.4. The molecule has 1 heterocycles. The number of allylic oxidation sites excluding steroid dienone is 3. The van der Waals surface area contributed by atoms with E-state index in [0.717, 1.165) is 19.3 Å². The van der Waals surface area contributed by atoms with E-state index in [1.807, 2.05) is 6.92 Å². The van der Waals surface area contributed by atoms with E-state index in [2.05, 4.69) is 25.2 Å². The van der Waals surface area contributed by atoms with Crippen LogP contribution in [0, 0.1) is 29.6 Å². The molecule has 1 saturated carbocycles. The normalized spacial score (nSPS) is 41.1. The molecule has 0 spiro atoms. The standard InChI is InChI=1S/C21H31NO5/c1-5-6-13-10(2)7-12-8-11(3)18(24)20(27-4)15(12)16(13)19(25)17-14(23)9-22-21(17)26/h7,11-13,15-16,18,20,24-25H,5-6,8-9H2,1-4H3,(H,22,26)/t11-,12+,13+,15-,16?,18?,20+/m0/s1. The summed E-state index contributed by atoms with van der Waals surface area (Å²) < 4.78 is 5.70. The molecule has 0 bridgehead atoms. The fourth-order valence-corrected chi connectivity index (χ4v) is 5.46. The van der Waals surface area contributed by atoms with Crippen molar-refractivity contribution in [1.29, 1.82) is 0 Å². The molecule has 6 nitrogen and oxygen atoms in total. The second-order valence-electron chi connectivity index (χ2n) is 8.34. The fourth-order valence-electron chi connectivity index (χ4n) is 5.46. The van der Waals surface area contributed by atoms with Crippen LogP contribution < -0.4 is 5.32 Å². The lowest BCUT2D eigenvalue weighted by Gasteiger charge is -2.51. The first-order valence-electron chi connectivity index (χ1n) is 9.95. The minimum atomic E-state index is -0.640. The van der Waals surface area contributed by atoms with Crippen LogP contribution in [0.4, 0.5) is 0 Å². The van der Waals surface area contributed by atoms with E-state index in [1.54, 1.807) is 7.11 Å². The van der Waals surface area contributed by atoms with Crippen molar-refractivity contribution < 1.29 is 24.5 Å². The maximum Gasteiger partial charge on any atom is 0.258 e. The van der Waals surface area contributed by atoms with Crippen LogP contribution in [0.2, 0.25) is 0 Å². The number of nitrogens with one attached hydrogen (secondary N) is 1. The van der Waals surface area contributed by atoms with Gasteiger partial charge in [0.05, 0.1) is 18.8 Å². The maximum absolute atomic E-state index is 12.2. The lowest BCUT2D eigenvalue weighted by Crippen LogP contribution is -2.53. The molecule has 3 N–H and O–H groups in total. The van der Waals surface area contributed by atoms with Crippen LogP contribution in [-0.2, 0) is 14.3 Å². The number of hydrogen-bond acceptors (Lipinski definition) is 5. The zero-order chi connectivity index (χ0) is 19.9. The van der Waals surface area contributed by atoms with Crippen LogP contribution in [0.15, 0.2) is 23.0 Å². The van der Waals surface area contributed by atoms with Gasteiger partial charge in [0.25, 0.3) is 5.91 Å². The average molecular weight is 377 g/mol. The molecule has 1 amide bonds. The van der Waals surface area contributed by atoms with Crippen LogP contribution in [-0.4, -0.2) is 47.8 Å². The van der Waals surface area contributed by atoms with Crippen molar-refractivity contribution >= 4 is 11.7 Å². The van der Waals surface area contributed by atoms with Crippen molar-refractivity contribution in [2.75, 3.05) is 13.7 Å². The summed E-state index contributed by atoms with van der Waals surface area (Å²) in [5.41, 5.74) is 1.07. The van der Waals surface area contributed by atoms with Gasteiger partial charge in [-0.3, -0.25) is 9.59 Å². The molecule has 0 radical (unpaired) electrons. The highest BCUT2D eigenvalue weighted by Crippen LogP contribution is 2.51. The minimum Gasteiger partial charge on any atom is -0.511 e. The van der Waals surface area contributed by atoms with Crippen LogP contribution in [0.3, 0.4) is 0 Å². The first-order valence-corrected chi connectivity index (χ1v) is 9.95. The van der Waals surface area contributed by atoms with E-state index in [1.165, 1.54) is 5.57 Å². The number of hydrogen-bond donors (Lipinski definition) is 3. The molecule has 0 aromatic heterocycles. The molecule has 3 rings (SSSR count). The van der Waals surface area contributed by atoms with Crippen molar-refractivity contribution in [2.24, 2.45) is 29.6 Å². The van der Waals surface area contributed by atoms with Gasteiger partial charge in [-0.1, -0.05) is 31.9 Å². The lowest BCUT2D eigenvalue weighted by molar-refractivity contribution is -0.129. The molecule has 1 aliphatic heterocycles. The second-order valence-corrected chi connectivity index (χ2v) is 8.34. The highest BCUT2D eigenvalue weighted by Gasteiger charge is 2.52. The predicted octanol–water partition coefficient (Wildman–Crippen LogP) is 2.14. The van der Waals surface area contributed by atoms with Gasteiger partial charge in [0.1, 0.15) is 11.3 Å². The number of rotatable bonds is 4. The van der Waals surface area contributed by atoms with E-state index in [4.69, 9.17) is 4.74 Å². The third kappa shape index (κ3) is 3.34. The Hall–Kier alpha value is -1.66. The fraction of sp³-hybridized carbons (Fsp3) is 0.714. The number of amides is 1. The number of carbonyl (C=O) groups excluding carboxylic acids is 2. The summed E-state index contributed by atoms with van der Waals surface area (Å²) in [6, 6.07) is 0. The first kappa shape index (κ1) is 20.1. The SMILES string of the molecule is CCC[C@@H]1C(C)=C[C@@H]2C[C@H](C)C(O)[C@H](OC)[C@@H]2C1C(O)=C1C(=O)CNC1=O. The summed E-state index contributed by atoms with van der Waals surface area (Å²) in [6.45, 7) is 6.09. The number of ether oxygens (including phenoxy) is 1. The van der Waals surface area contributed by atoms with Crippen molar-refractivity contribution in [1.82, 2.24) is 5.32 Å². The Balaban J connectivity index is 2.14. The predicted molar refractivity (Wildman–Crippen MR) is 101 cm³/mol. The van der Waals surface area contributed by atoms with Gasteiger partial charge < -0.3 is 20.3 Å². The molecule has 2 aliphatic carbocycles. The molecule has 2 fully saturated rings. The zero-order valence-electron chi connectivity index (χ0n) is 16.6. The van der Waals surface area contributed by atoms with Gasteiger partial charge in [-0.15, -0.1) is 0 Å². The molecular formula is C21H31NO5. The van der Waals surface area contributed by atoms with Gasteiger partial charge in [-0.2, -0.15) is 0 Å². The Kier molecular flexibility index (Phi) is 5.77. The Labute approximate surface area is 160 Å². The van der Waals surface area contributed by atoms with E-state index >= 15 is 0 Å². The highest BCUT2D eigenvalue weighted by molar-refractivity contribution is 6.25. The van der Waals surface area contributed by atoms with Crippen LogP contribution >= 0.6 is 0 Å². The third-order valence-corrected chi connectivity index (χ3v) is 6.71. The van der Waals surface area contributed by atoms with Gasteiger partial charge in [0, 0.05) is 18.9 Å². The summed E-state index contributed by atoms with van der Waals surface area (Å²) in [5.74, 6) is -1.35. The Morgan fingerprint density at radius 1 is 1.37 bits per heavy atom. The molecule has 1 saturated heterocycles. The van der Waals surface area contributed by atoms with E-state index in [-0.39, 0.29) is 47.3 Å². The lowest BCUT2D eigenvalue weighted by atomic mass is 9.57. The van der Waals surface area contributed by atoms with Crippen molar-refractivity contribution in [2.45, 2.75) is 52.2 Å². The monoisotopic (exact) mass is 377 g/mol. The summed E-state index contributed by atoms with van der Waals surface area (Å²) >= 11 is 0. The molecule has 0 aromatic carbocycles. The minimum absolute atomic E-state index is 0.0169. The smallest absolute Gasteiger partial charge is 0.258 e. The Morgan fingerprint density at radius 2 is 2.07 bits per heavy atom. The van der Waals surface area contributed by atoms with E-state index in [0.29, 0.717) is 0 Å². The molecular weight excluding hydrogens is 346 g/mol. The molecule has 2 unspecified atom stereocenters. The Morgan fingerprint density at radius 3 is 2.63 bits per heavy atom. The number of aliphatic hydroxyl groups excluding tert-OH is 2. The molecule has 3 aliphatic rings. The summed E-state index contributed by atoms with van der Waals surface area (Å²) in [7, 11) is 1.58. The summed E-state index contributed by atoms with van der Waals surface area (Å²) in [6.07, 6.45) is 3.72. The van der Waals surface area contributed by atoms with Gasteiger partial charge in [0.15, 0.2) is 5.78 Å². The van der Waals surface area contributed by atoms with Crippen LogP contribution in [0.1, 0.15) is 40.0 Å². The molecule has 6 heteroatoms. The Bertz CT molecular complexity index is 664. The number of methoxy groups -OCH3 is 1. The van der Waals surface area contributed by atoms with E-state index in [9.17, 15) is 19.8 Å². The van der Waals surface area contributed by atoms with Crippen molar-refractivity contribution in [3.8, 4) is 0 Å². The topological polar surface area (TPSA) is 95.9 Å². The van der Waals surface area contributed by atoms with Gasteiger partial charge in [0.2, 0.25) is 0 Å². The van der Waals surface area contributed by atoms with Gasteiger partial charge in [-0.05, 0) is 37.5 Å². The number of ketones is 1. The first-order chi connectivity index (χ1) is 12.8. The van der Waals surface area contributed by atoms with Gasteiger partial charge in [-0.25, -0.2) is 0 Å². The number of aliphatic hydroxyl groups is 2. The van der Waals surface area contributed by atoms with E-state index < -0.39 is 24.0 Å². The van der Waals surface area contributed by atoms with Crippen molar-refractivity contribution in [3.05, 3.63) is 23.0 Å². The van der Waals surface area contributed by atoms with Crippen LogP contribution in [0.5, 0.6) is 0 Å². The quantitative estimate of drug-likeness (QED) is 0.302. The number of carbonyl (C=O) groups is 2.